The molecule has 4 heteroatoms. The number of aromatic nitrogens is 2. The van der Waals surface area contributed by atoms with Gasteiger partial charge in [-0.25, -0.2) is 4.39 Å². The van der Waals surface area contributed by atoms with Crippen molar-refractivity contribution in [1.29, 1.82) is 0 Å². The first-order valence-electron chi connectivity index (χ1n) is 5.58. The fourth-order valence-electron chi connectivity index (χ4n) is 1.95. The third kappa shape index (κ3) is 2.64. The maximum Gasteiger partial charge on any atom is 0.125 e. The Balaban J connectivity index is 2.16. The Morgan fingerprint density at radius 2 is 2.18 bits per heavy atom. The molecule has 1 aromatic carbocycles. The van der Waals surface area contributed by atoms with E-state index in [0.29, 0.717) is 0 Å². The van der Waals surface area contributed by atoms with E-state index in [4.69, 9.17) is 0 Å². The highest BCUT2D eigenvalue weighted by atomic mass is 19.1. The lowest BCUT2D eigenvalue weighted by molar-refractivity contribution is 0.628. The van der Waals surface area contributed by atoms with Crippen LogP contribution >= 0.6 is 0 Å². The highest BCUT2D eigenvalue weighted by Gasteiger charge is 2.11. The van der Waals surface area contributed by atoms with Crippen molar-refractivity contribution in [2.75, 3.05) is 5.32 Å². The smallest absolute Gasteiger partial charge is 0.125 e. The van der Waals surface area contributed by atoms with Crippen LogP contribution in [-0.4, -0.2) is 9.78 Å². The SMILES string of the molecule is Cc1nn(C)cc1C(C)Nc1cccc(F)c1. The van der Waals surface area contributed by atoms with Gasteiger partial charge in [0.2, 0.25) is 0 Å². The first kappa shape index (κ1) is 11.6. The monoisotopic (exact) mass is 233 g/mol. The van der Waals surface area contributed by atoms with Crippen LogP contribution in [0.4, 0.5) is 10.1 Å². The molecule has 1 unspecified atom stereocenters. The molecule has 0 amide bonds. The number of anilines is 1. The van der Waals surface area contributed by atoms with E-state index in [1.54, 1.807) is 10.7 Å². The van der Waals surface area contributed by atoms with E-state index in [1.807, 2.05) is 33.2 Å². The van der Waals surface area contributed by atoms with Crippen molar-refractivity contribution >= 4 is 5.69 Å². The lowest BCUT2D eigenvalue weighted by Gasteiger charge is -2.14. The van der Waals surface area contributed by atoms with Crippen LogP contribution in [-0.2, 0) is 7.05 Å². The van der Waals surface area contributed by atoms with Crippen molar-refractivity contribution in [3.8, 4) is 0 Å². The van der Waals surface area contributed by atoms with Crippen LogP contribution in [0.15, 0.2) is 30.5 Å². The minimum Gasteiger partial charge on any atom is -0.378 e. The summed E-state index contributed by atoms with van der Waals surface area (Å²) in [5.41, 5.74) is 2.89. The average Bonchev–Trinajstić information content (AvgIpc) is 2.58. The van der Waals surface area contributed by atoms with Crippen molar-refractivity contribution in [3.05, 3.63) is 47.5 Å². The Labute approximate surface area is 100 Å². The van der Waals surface area contributed by atoms with E-state index in [2.05, 4.69) is 10.4 Å². The van der Waals surface area contributed by atoms with Gasteiger partial charge in [-0.05, 0) is 32.0 Å². The Bertz CT molecular complexity index is 519. The fourth-order valence-corrected chi connectivity index (χ4v) is 1.95. The predicted molar refractivity (Wildman–Crippen MR) is 66.4 cm³/mol. The lowest BCUT2D eigenvalue weighted by Crippen LogP contribution is -2.07. The Morgan fingerprint density at radius 3 is 2.76 bits per heavy atom. The zero-order chi connectivity index (χ0) is 12.4. The van der Waals surface area contributed by atoms with Gasteiger partial charge in [0, 0.05) is 24.5 Å². The van der Waals surface area contributed by atoms with Gasteiger partial charge in [-0.1, -0.05) is 6.07 Å². The number of nitrogens with zero attached hydrogens (tertiary/aromatic N) is 2. The molecule has 0 aliphatic rings. The van der Waals surface area contributed by atoms with Gasteiger partial charge >= 0.3 is 0 Å². The number of hydrogen-bond donors (Lipinski definition) is 1. The van der Waals surface area contributed by atoms with E-state index in [1.165, 1.54) is 12.1 Å². The summed E-state index contributed by atoms with van der Waals surface area (Å²) in [6, 6.07) is 6.57. The molecule has 0 radical (unpaired) electrons. The lowest BCUT2D eigenvalue weighted by atomic mass is 10.1. The average molecular weight is 233 g/mol. The summed E-state index contributed by atoms with van der Waals surface area (Å²) in [6.07, 6.45) is 1.98. The molecule has 0 aliphatic heterocycles. The number of rotatable bonds is 3. The number of halogens is 1. The van der Waals surface area contributed by atoms with Gasteiger partial charge in [-0.2, -0.15) is 5.10 Å². The van der Waals surface area contributed by atoms with Gasteiger partial charge in [-0.15, -0.1) is 0 Å². The first-order chi connectivity index (χ1) is 8.06. The summed E-state index contributed by atoms with van der Waals surface area (Å²) in [5.74, 6) is -0.231. The third-order valence-corrected chi connectivity index (χ3v) is 2.73. The summed E-state index contributed by atoms with van der Waals surface area (Å²) in [6.45, 7) is 4.01. The summed E-state index contributed by atoms with van der Waals surface area (Å²) in [7, 11) is 1.89. The molecule has 3 nitrogen and oxygen atoms in total. The van der Waals surface area contributed by atoms with Crippen LogP contribution in [0.5, 0.6) is 0 Å². The molecule has 2 rings (SSSR count). The second-order valence-electron chi connectivity index (χ2n) is 4.22. The minimum atomic E-state index is -0.231. The minimum absolute atomic E-state index is 0.102. The molecule has 0 spiro atoms. The van der Waals surface area contributed by atoms with Crippen LogP contribution in [0, 0.1) is 12.7 Å². The molecule has 2 aromatic rings. The van der Waals surface area contributed by atoms with Gasteiger partial charge in [0.25, 0.3) is 0 Å². The van der Waals surface area contributed by atoms with Gasteiger partial charge in [0.15, 0.2) is 0 Å². The zero-order valence-electron chi connectivity index (χ0n) is 10.2. The van der Waals surface area contributed by atoms with E-state index in [9.17, 15) is 4.39 Å². The molecule has 1 aromatic heterocycles. The summed E-state index contributed by atoms with van der Waals surface area (Å²) in [5, 5.41) is 7.55. The topological polar surface area (TPSA) is 29.9 Å². The normalized spacial score (nSPS) is 12.5. The van der Waals surface area contributed by atoms with Crippen molar-refractivity contribution < 1.29 is 4.39 Å². The maximum absolute atomic E-state index is 13.0. The quantitative estimate of drug-likeness (QED) is 0.883. The van der Waals surface area contributed by atoms with Gasteiger partial charge in [0.1, 0.15) is 5.82 Å². The van der Waals surface area contributed by atoms with Crippen molar-refractivity contribution in [2.45, 2.75) is 19.9 Å². The number of benzene rings is 1. The first-order valence-corrected chi connectivity index (χ1v) is 5.58. The molecule has 0 saturated carbocycles. The Hall–Kier alpha value is -1.84. The summed E-state index contributed by atoms with van der Waals surface area (Å²) in [4.78, 5) is 0. The molecule has 0 aliphatic carbocycles. The summed E-state index contributed by atoms with van der Waals surface area (Å²) < 4.78 is 14.8. The van der Waals surface area contributed by atoms with E-state index >= 15 is 0 Å². The van der Waals surface area contributed by atoms with E-state index in [-0.39, 0.29) is 11.9 Å². The molecule has 90 valence electrons. The standard InChI is InChI=1S/C13H16FN3/c1-9(13-8-17(3)16-10(13)2)15-12-6-4-5-11(14)7-12/h4-9,15H,1-3H3. The number of aryl methyl sites for hydroxylation is 2. The molecular formula is C13H16FN3. The van der Waals surface area contributed by atoms with Crippen molar-refractivity contribution in [2.24, 2.45) is 7.05 Å². The predicted octanol–water partition coefficient (Wildman–Crippen LogP) is 3.04. The molecule has 0 bridgehead atoms. The summed E-state index contributed by atoms with van der Waals surface area (Å²) >= 11 is 0. The highest BCUT2D eigenvalue weighted by molar-refractivity contribution is 5.45. The van der Waals surface area contributed by atoms with Gasteiger partial charge in [-0.3, -0.25) is 4.68 Å². The molecule has 0 saturated heterocycles. The maximum atomic E-state index is 13.0. The zero-order valence-corrected chi connectivity index (χ0v) is 10.2. The number of nitrogens with one attached hydrogen (secondary N) is 1. The van der Waals surface area contributed by atoms with Crippen LogP contribution in [0.25, 0.3) is 0 Å². The second kappa shape index (κ2) is 4.57. The molecular weight excluding hydrogens is 217 g/mol. The van der Waals surface area contributed by atoms with Crippen LogP contribution in [0.3, 0.4) is 0 Å². The Morgan fingerprint density at radius 1 is 1.41 bits per heavy atom. The van der Waals surface area contributed by atoms with Crippen molar-refractivity contribution in [3.63, 3.8) is 0 Å². The van der Waals surface area contributed by atoms with Gasteiger partial charge < -0.3 is 5.32 Å². The Kier molecular flexibility index (Phi) is 3.13. The number of hydrogen-bond acceptors (Lipinski definition) is 2. The molecule has 1 N–H and O–H groups in total. The fraction of sp³-hybridized carbons (Fsp3) is 0.308. The van der Waals surface area contributed by atoms with E-state index in [0.717, 1.165) is 16.9 Å². The largest absolute Gasteiger partial charge is 0.378 e. The second-order valence-corrected chi connectivity index (χ2v) is 4.22. The third-order valence-electron chi connectivity index (χ3n) is 2.73. The van der Waals surface area contributed by atoms with E-state index < -0.39 is 0 Å². The molecule has 1 atom stereocenters. The van der Waals surface area contributed by atoms with Crippen LogP contribution in [0.1, 0.15) is 24.2 Å². The van der Waals surface area contributed by atoms with Crippen LogP contribution < -0.4 is 5.32 Å². The highest BCUT2D eigenvalue weighted by Crippen LogP contribution is 2.21. The molecule has 1 heterocycles. The van der Waals surface area contributed by atoms with Gasteiger partial charge in [0.05, 0.1) is 11.7 Å². The van der Waals surface area contributed by atoms with Crippen molar-refractivity contribution in [1.82, 2.24) is 9.78 Å². The van der Waals surface area contributed by atoms with Crippen LogP contribution in [0.2, 0.25) is 0 Å². The molecule has 0 fully saturated rings. The molecule has 17 heavy (non-hydrogen) atoms.